The maximum absolute atomic E-state index is 12.5. The zero-order valence-electron chi connectivity index (χ0n) is 14.3. The molecule has 2 rings (SSSR count). The molecule has 2 amide bonds. The summed E-state index contributed by atoms with van der Waals surface area (Å²) in [6, 6.07) is 10.9. The molecule has 0 fully saturated rings. The molecule has 0 saturated carbocycles. The normalized spacial score (nSPS) is 11.9. The van der Waals surface area contributed by atoms with E-state index in [1.807, 2.05) is 32.9 Å². The van der Waals surface area contributed by atoms with E-state index in [1.165, 1.54) is 18.2 Å². The molecular weight excluding hydrogens is 340 g/mol. The molecule has 25 heavy (non-hydrogen) atoms. The van der Waals surface area contributed by atoms with Crippen LogP contribution in [0, 0.1) is 12.8 Å². The highest BCUT2D eigenvalue weighted by Gasteiger charge is 2.25. The van der Waals surface area contributed by atoms with E-state index in [2.05, 4.69) is 10.6 Å². The Balaban J connectivity index is 2.13. The van der Waals surface area contributed by atoms with Gasteiger partial charge in [-0.3, -0.25) is 9.59 Å². The number of halogens is 1. The number of rotatable bonds is 5. The van der Waals surface area contributed by atoms with Gasteiger partial charge in [0, 0.05) is 10.7 Å². The van der Waals surface area contributed by atoms with Crippen LogP contribution in [0.2, 0.25) is 5.02 Å². The first-order valence-corrected chi connectivity index (χ1v) is 8.32. The second-order valence-electron chi connectivity index (χ2n) is 6.21. The van der Waals surface area contributed by atoms with Gasteiger partial charge in [-0.1, -0.05) is 43.1 Å². The van der Waals surface area contributed by atoms with Crippen LogP contribution in [0.25, 0.3) is 0 Å². The quantitative estimate of drug-likeness (QED) is 0.759. The van der Waals surface area contributed by atoms with Crippen molar-refractivity contribution >= 4 is 29.1 Å². The van der Waals surface area contributed by atoms with Crippen LogP contribution in [-0.4, -0.2) is 23.0 Å². The molecule has 0 unspecified atom stereocenters. The minimum Gasteiger partial charge on any atom is -0.507 e. The van der Waals surface area contributed by atoms with Crippen LogP contribution in [0.1, 0.15) is 29.8 Å². The van der Waals surface area contributed by atoms with Gasteiger partial charge in [0.1, 0.15) is 11.8 Å². The highest BCUT2D eigenvalue weighted by atomic mass is 35.5. The molecule has 3 N–H and O–H groups in total. The van der Waals surface area contributed by atoms with Gasteiger partial charge < -0.3 is 15.7 Å². The third-order valence-electron chi connectivity index (χ3n) is 3.76. The average molecular weight is 361 g/mol. The van der Waals surface area contributed by atoms with E-state index in [0.717, 1.165) is 5.56 Å². The Morgan fingerprint density at radius 2 is 1.72 bits per heavy atom. The predicted molar refractivity (Wildman–Crippen MR) is 99.0 cm³/mol. The number of hydrogen-bond donors (Lipinski definition) is 3. The number of nitrogens with one attached hydrogen (secondary N) is 2. The number of hydrogen-bond acceptors (Lipinski definition) is 3. The molecule has 2 aromatic rings. The van der Waals surface area contributed by atoms with E-state index in [1.54, 1.807) is 12.1 Å². The third-order valence-corrected chi connectivity index (χ3v) is 3.99. The Kier molecular flexibility index (Phi) is 6.04. The lowest BCUT2D eigenvalue weighted by Crippen LogP contribution is -2.47. The van der Waals surface area contributed by atoms with Crippen LogP contribution in [-0.2, 0) is 4.79 Å². The van der Waals surface area contributed by atoms with E-state index >= 15 is 0 Å². The lowest BCUT2D eigenvalue weighted by atomic mass is 10.0. The van der Waals surface area contributed by atoms with E-state index in [9.17, 15) is 14.7 Å². The molecule has 0 aliphatic heterocycles. The molecule has 2 aromatic carbocycles. The third kappa shape index (κ3) is 4.97. The number of carbonyl (C=O) groups is 2. The summed E-state index contributed by atoms with van der Waals surface area (Å²) in [6.45, 7) is 5.63. The molecule has 132 valence electrons. The summed E-state index contributed by atoms with van der Waals surface area (Å²) in [7, 11) is 0. The largest absolute Gasteiger partial charge is 0.507 e. The van der Waals surface area contributed by atoms with Gasteiger partial charge in [-0.25, -0.2) is 0 Å². The van der Waals surface area contributed by atoms with Gasteiger partial charge in [0.15, 0.2) is 0 Å². The Bertz CT molecular complexity index is 773. The van der Waals surface area contributed by atoms with Crippen molar-refractivity contribution in [2.75, 3.05) is 5.32 Å². The van der Waals surface area contributed by atoms with Gasteiger partial charge in [-0.05, 0) is 43.2 Å². The number of aromatic hydroxyl groups is 1. The second-order valence-corrected chi connectivity index (χ2v) is 6.65. The number of anilines is 1. The van der Waals surface area contributed by atoms with Gasteiger partial charge in [-0.2, -0.15) is 0 Å². The summed E-state index contributed by atoms with van der Waals surface area (Å²) in [5.41, 5.74) is 1.81. The smallest absolute Gasteiger partial charge is 0.255 e. The van der Waals surface area contributed by atoms with Gasteiger partial charge in [0.2, 0.25) is 5.91 Å². The van der Waals surface area contributed by atoms with Crippen molar-refractivity contribution < 1.29 is 14.7 Å². The maximum atomic E-state index is 12.5. The van der Waals surface area contributed by atoms with Crippen LogP contribution in [0.5, 0.6) is 5.75 Å². The average Bonchev–Trinajstić information content (AvgIpc) is 2.54. The molecule has 1 atom stereocenters. The standard InChI is InChI=1S/C19H21ClN2O3/c1-11(2)17(19(25)21-14-7-4-12(3)5-8-14)22-18(24)15-9-6-13(20)10-16(15)23/h4-11,17,23H,1-3H3,(H,21,25)(H,22,24)/t17-/m0/s1. The second kappa shape index (κ2) is 8.03. The summed E-state index contributed by atoms with van der Waals surface area (Å²) >= 11 is 5.77. The molecule has 0 bridgehead atoms. The Morgan fingerprint density at radius 1 is 1.08 bits per heavy atom. The van der Waals surface area contributed by atoms with Crippen LogP contribution < -0.4 is 10.6 Å². The van der Waals surface area contributed by atoms with Crippen molar-refractivity contribution in [3.63, 3.8) is 0 Å². The molecule has 0 heterocycles. The highest BCUT2D eigenvalue weighted by Crippen LogP contribution is 2.22. The molecule has 5 nitrogen and oxygen atoms in total. The summed E-state index contributed by atoms with van der Waals surface area (Å²) in [5, 5.41) is 15.7. The maximum Gasteiger partial charge on any atom is 0.255 e. The Labute approximate surface area is 152 Å². The molecule has 0 spiro atoms. The molecule has 0 aromatic heterocycles. The van der Waals surface area contributed by atoms with E-state index < -0.39 is 11.9 Å². The first-order chi connectivity index (χ1) is 11.8. The number of phenolic OH excluding ortho intramolecular Hbond substituents is 1. The molecule has 0 radical (unpaired) electrons. The molecule has 0 aliphatic carbocycles. The Hall–Kier alpha value is -2.53. The molecule has 0 saturated heterocycles. The Morgan fingerprint density at radius 3 is 2.28 bits per heavy atom. The van der Waals surface area contributed by atoms with Crippen molar-refractivity contribution in [1.82, 2.24) is 5.32 Å². The number of aryl methyl sites for hydroxylation is 1. The molecule has 6 heteroatoms. The van der Waals surface area contributed by atoms with Crippen molar-refractivity contribution in [1.29, 1.82) is 0 Å². The monoisotopic (exact) mass is 360 g/mol. The van der Waals surface area contributed by atoms with Gasteiger partial charge in [0.05, 0.1) is 5.56 Å². The minimum atomic E-state index is -0.746. The van der Waals surface area contributed by atoms with Gasteiger partial charge in [-0.15, -0.1) is 0 Å². The van der Waals surface area contributed by atoms with Crippen LogP contribution in [0.3, 0.4) is 0 Å². The fourth-order valence-electron chi connectivity index (χ4n) is 2.31. The first-order valence-electron chi connectivity index (χ1n) is 7.95. The van der Waals surface area contributed by atoms with Gasteiger partial charge in [0.25, 0.3) is 5.91 Å². The SMILES string of the molecule is Cc1ccc(NC(=O)[C@@H](NC(=O)c2ccc(Cl)cc2O)C(C)C)cc1. The van der Waals surface area contributed by atoms with Gasteiger partial charge >= 0.3 is 0 Å². The van der Waals surface area contributed by atoms with E-state index in [0.29, 0.717) is 10.7 Å². The van der Waals surface area contributed by atoms with Crippen LogP contribution in [0.15, 0.2) is 42.5 Å². The zero-order valence-corrected chi connectivity index (χ0v) is 15.1. The first kappa shape index (κ1) is 18.8. The topological polar surface area (TPSA) is 78.4 Å². The fraction of sp³-hybridized carbons (Fsp3) is 0.263. The fourth-order valence-corrected chi connectivity index (χ4v) is 2.47. The highest BCUT2D eigenvalue weighted by molar-refractivity contribution is 6.30. The van der Waals surface area contributed by atoms with Crippen molar-refractivity contribution in [2.45, 2.75) is 26.8 Å². The molecule has 0 aliphatic rings. The summed E-state index contributed by atoms with van der Waals surface area (Å²) < 4.78 is 0. The van der Waals surface area contributed by atoms with Crippen LogP contribution in [0.4, 0.5) is 5.69 Å². The number of amides is 2. The number of benzene rings is 2. The van der Waals surface area contributed by atoms with Crippen LogP contribution >= 0.6 is 11.6 Å². The number of phenols is 1. The van der Waals surface area contributed by atoms with E-state index in [-0.39, 0.29) is 23.1 Å². The van der Waals surface area contributed by atoms with Crippen molar-refractivity contribution in [3.05, 3.63) is 58.6 Å². The van der Waals surface area contributed by atoms with Crippen molar-refractivity contribution in [2.24, 2.45) is 5.92 Å². The predicted octanol–water partition coefficient (Wildman–Crippen LogP) is 3.75. The number of carbonyl (C=O) groups excluding carboxylic acids is 2. The van der Waals surface area contributed by atoms with Crippen molar-refractivity contribution in [3.8, 4) is 5.75 Å². The summed E-state index contributed by atoms with van der Waals surface area (Å²) in [5.74, 6) is -1.22. The zero-order chi connectivity index (χ0) is 18.6. The lowest BCUT2D eigenvalue weighted by molar-refractivity contribution is -0.118. The molecular formula is C19H21ClN2O3. The summed E-state index contributed by atoms with van der Waals surface area (Å²) in [6.07, 6.45) is 0. The lowest BCUT2D eigenvalue weighted by Gasteiger charge is -2.22. The van der Waals surface area contributed by atoms with E-state index in [4.69, 9.17) is 11.6 Å². The summed E-state index contributed by atoms with van der Waals surface area (Å²) in [4.78, 5) is 24.9. The minimum absolute atomic E-state index is 0.0678.